The fourth-order valence-electron chi connectivity index (χ4n) is 0.613. The average molecular weight is 276 g/mol. The van der Waals surface area contributed by atoms with Gasteiger partial charge in [0.2, 0.25) is 0 Å². The topological polar surface area (TPSA) is 80.3 Å². The van der Waals surface area contributed by atoms with E-state index in [2.05, 4.69) is 14.5 Å². The summed E-state index contributed by atoms with van der Waals surface area (Å²) in [5.74, 6) is -0.883. The molecule has 0 amide bonds. The number of hydrogen-bond donors (Lipinski definition) is 0. The summed E-state index contributed by atoms with van der Waals surface area (Å²) >= 11 is 0. The Kier molecular flexibility index (Phi) is 7.59. The minimum absolute atomic E-state index is 0.0659. The molecule has 7 heteroatoms. The van der Waals surface area contributed by atoms with Crippen molar-refractivity contribution in [3.63, 3.8) is 0 Å². The maximum atomic E-state index is 11.3. The third-order valence-corrected chi connectivity index (χ3v) is 2.12. The van der Waals surface area contributed by atoms with Gasteiger partial charge in [0.15, 0.2) is 0 Å². The first kappa shape index (κ1) is 17.2. The highest BCUT2D eigenvalue weighted by atomic mass is 17.2. The third kappa shape index (κ3) is 8.04. The van der Waals surface area contributed by atoms with E-state index in [4.69, 9.17) is 9.78 Å². The second kappa shape index (κ2) is 8.36. The van der Waals surface area contributed by atoms with Crippen LogP contribution in [0.15, 0.2) is 11.8 Å². The summed E-state index contributed by atoms with van der Waals surface area (Å²) in [6.45, 7) is 8.72. The molecule has 0 saturated heterocycles. The molecule has 0 spiro atoms. The maximum Gasteiger partial charge on any atom is 0.549 e. The molecule has 0 aliphatic carbocycles. The van der Waals surface area contributed by atoms with Crippen LogP contribution < -0.4 is 0 Å². The fraction of sp³-hybridized carbons (Fsp3) is 0.667. The molecule has 19 heavy (non-hydrogen) atoms. The molecule has 0 aromatic rings. The van der Waals surface area contributed by atoms with E-state index in [0.717, 1.165) is 12.7 Å². The molecule has 0 saturated carbocycles. The lowest BCUT2D eigenvalue weighted by Crippen LogP contribution is -2.22. The Morgan fingerprint density at radius 1 is 1.16 bits per heavy atom. The van der Waals surface area contributed by atoms with Crippen molar-refractivity contribution in [3.05, 3.63) is 11.8 Å². The van der Waals surface area contributed by atoms with E-state index in [1.165, 1.54) is 6.92 Å². The van der Waals surface area contributed by atoms with Crippen LogP contribution in [0.25, 0.3) is 0 Å². The molecule has 0 fully saturated rings. The quantitative estimate of drug-likeness (QED) is 0.242. The van der Waals surface area contributed by atoms with Crippen molar-refractivity contribution < 1.29 is 33.9 Å². The number of ether oxygens (including phenoxy) is 1. The first-order valence-corrected chi connectivity index (χ1v) is 5.89. The highest BCUT2D eigenvalue weighted by Crippen LogP contribution is 2.14. The molecule has 0 aliphatic rings. The highest BCUT2D eigenvalue weighted by Gasteiger charge is 2.18. The van der Waals surface area contributed by atoms with E-state index >= 15 is 0 Å². The highest BCUT2D eigenvalue weighted by molar-refractivity contribution is 5.87. The SMILES string of the molecule is CCOC(=O)OOC(=O)C(C)=COOC(C)(C)CC. The van der Waals surface area contributed by atoms with Gasteiger partial charge >= 0.3 is 12.1 Å². The zero-order valence-electron chi connectivity index (χ0n) is 11.8. The lowest BCUT2D eigenvalue weighted by Gasteiger charge is -2.19. The van der Waals surface area contributed by atoms with Gasteiger partial charge in [0, 0.05) is 0 Å². The van der Waals surface area contributed by atoms with E-state index in [1.807, 2.05) is 20.8 Å². The van der Waals surface area contributed by atoms with Crippen LogP contribution in [0.4, 0.5) is 4.79 Å². The number of carbonyl (C=O) groups excluding carboxylic acids is 2. The van der Waals surface area contributed by atoms with Gasteiger partial charge in [-0.05, 0) is 34.1 Å². The Morgan fingerprint density at radius 3 is 2.32 bits per heavy atom. The summed E-state index contributed by atoms with van der Waals surface area (Å²) in [5, 5.41) is 0. The average Bonchev–Trinajstić information content (AvgIpc) is 2.36. The van der Waals surface area contributed by atoms with Crippen molar-refractivity contribution >= 4 is 12.1 Å². The summed E-state index contributed by atoms with van der Waals surface area (Å²) in [6, 6.07) is 0. The zero-order chi connectivity index (χ0) is 14.9. The Bertz CT molecular complexity index is 333. The molecule has 0 aromatic carbocycles. The fourth-order valence-corrected chi connectivity index (χ4v) is 0.613. The Morgan fingerprint density at radius 2 is 1.79 bits per heavy atom. The predicted molar refractivity (Wildman–Crippen MR) is 64.5 cm³/mol. The Labute approximate surface area is 112 Å². The molecular formula is C12H20O7. The van der Waals surface area contributed by atoms with Gasteiger partial charge in [0.05, 0.1) is 12.2 Å². The van der Waals surface area contributed by atoms with Gasteiger partial charge < -0.3 is 9.62 Å². The molecule has 0 aliphatic heterocycles. The van der Waals surface area contributed by atoms with Gasteiger partial charge in [0.1, 0.15) is 11.9 Å². The molecule has 110 valence electrons. The summed E-state index contributed by atoms with van der Waals surface area (Å²) in [6.07, 6.45) is 0.706. The van der Waals surface area contributed by atoms with Crippen molar-refractivity contribution in [3.8, 4) is 0 Å². The van der Waals surface area contributed by atoms with Gasteiger partial charge in [-0.3, -0.25) is 0 Å². The third-order valence-electron chi connectivity index (χ3n) is 2.12. The molecule has 0 heterocycles. The van der Waals surface area contributed by atoms with Crippen molar-refractivity contribution in [2.75, 3.05) is 6.61 Å². The summed E-state index contributed by atoms with van der Waals surface area (Å²) in [5.41, 5.74) is -0.404. The van der Waals surface area contributed by atoms with Crippen molar-refractivity contribution in [1.29, 1.82) is 0 Å². The van der Waals surface area contributed by atoms with E-state index in [-0.39, 0.29) is 12.2 Å². The summed E-state index contributed by atoms with van der Waals surface area (Å²) < 4.78 is 4.40. The van der Waals surface area contributed by atoms with E-state index in [0.29, 0.717) is 0 Å². The zero-order valence-corrected chi connectivity index (χ0v) is 11.8. The molecule has 0 aromatic heterocycles. The first-order valence-electron chi connectivity index (χ1n) is 5.89. The van der Waals surface area contributed by atoms with Crippen LogP contribution in [0.5, 0.6) is 0 Å². The first-order chi connectivity index (χ1) is 8.82. The number of hydrogen-bond acceptors (Lipinski definition) is 7. The Balaban J connectivity index is 4.08. The van der Waals surface area contributed by atoms with E-state index in [9.17, 15) is 9.59 Å². The standard InChI is InChI=1S/C12H20O7/c1-6-12(4,5)19-16-8-9(3)10(13)17-18-11(14)15-7-2/h8H,6-7H2,1-5H3. The van der Waals surface area contributed by atoms with Gasteiger partial charge in [0.25, 0.3) is 0 Å². The number of rotatable bonds is 6. The maximum absolute atomic E-state index is 11.3. The Hall–Kier alpha value is -1.76. The van der Waals surface area contributed by atoms with Crippen LogP contribution in [0.1, 0.15) is 41.0 Å². The van der Waals surface area contributed by atoms with Crippen LogP contribution in [-0.2, 0) is 29.1 Å². The lowest BCUT2D eigenvalue weighted by molar-refractivity contribution is -0.317. The van der Waals surface area contributed by atoms with E-state index in [1.54, 1.807) is 6.92 Å². The van der Waals surface area contributed by atoms with Crippen LogP contribution in [-0.4, -0.2) is 24.3 Å². The van der Waals surface area contributed by atoms with Gasteiger partial charge in [-0.2, -0.15) is 9.68 Å². The van der Waals surface area contributed by atoms with Crippen molar-refractivity contribution in [2.45, 2.75) is 46.6 Å². The van der Waals surface area contributed by atoms with Crippen LogP contribution in [0.3, 0.4) is 0 Å². The van der Waals surface area contributed by atoms with Crippen LogP contribution in [0.2, 0.25) is 0 Å². The largest absolute Gasteiger partial charge is 0.549 e. The lowest BCUT2D eigenvalue weighted by atomic mass is 10.1. The normalized spacial score (nSPS) is 11.7. The minimum atomic E-state index is -1.09. The van der Waals surface area contributed by atoms with Gasteiger partial charge in [-0.25, -0.2) is 14.6 Å². The molecule has 7 nitrogen and oxygen atoms in total. The molecular weight excluding hydrogens is 256 g/mol. The minimum Gasteiger partial charge on any atom is -0.432 e. The number of carbonyl (C=O) groups is 2. The molecule has 0 bridgehead atoms. The molecule has 0 rings (SSSR count). The van der Waals surface area contributed by atoms with Gasteiger partial charge in [-0.1, -0.05) is 6.92 Å². The van der Waals surface area contributed by atoms with Crippen LogP contribution in [0, 0.1) is 0 Å². The monoisotopic (exact) mass is 276 g/mol. The second-order valence-corrected chi connectivity index (χ2v) is 4.23. The molecule has 0 unspecified atom stereocenters. The van der Waals surface area contributed by atoms with Crippen LogP contribution >= 0.6 is 0 Å². The van der Waals surface area contributed by atoms with Crippen molar-refractivity contribution in [1.82, 2.24) is 0 Å². The predicted octanol–water partition coefficient (Wildman–Crippen LogP) is 2.66. The summed E-state index contributed by atoms with van der Waals surface area (Å²) in [7, 11) is 0. The molecule has 0 atom stereocenters. The van der Waals surface area contributed by atoms with E-state index < -0.39 is 17.7 Å². The molecule has 0 N–H and O–H groups in total. The second-order valence-electron chi connectivity index (χ2n) is 4.23. The smallest absolute Gasteiger partial charge is 0.432 e. The van der Waals surface area contributed by atoms with Crippen molar-refractivity contribution in [2.24, 2.45) is 0 Å². The summed E-state index contributed by atoms with van der Waals surface area (Å²) in [4.78, 5) is 40.2. The molecule has 0 radical (unpaired) electrons. The van der Waals surface area contributed by atoms with Gasteiger partial charge in [-0.15, -0.1) is 0 Å².